The first-order valence-electron chi connectivity index (χ1n) is 13.6. The number of fused-ring (bicyclic) bond motifs is 1. The van der Waals surface area contributed by atoms with Crippen molar-refractivity contribution in [3.05, 3.63) is 124 Å². The second-order valence-electron chi connectivity index (χ2n) is 9.99. The average molecular weight is 666 g/mol. The Labute approximate surface area is 261 Å². The van der Waals surface area contributed by atoms with Gasteiger partial charge in [0.2, 0.25) is 0 Å². The van der Waals surface area contributed by atoms with E-state index in [1.807, 2.05) is 43.3 Å². The van der Waals surface area contributed by atoms with Gasteiger partial charge in [0.15, 0.2) is 0 Å². The number of alkyl halides is 3. The van der Waals surface area contributed by atoms with E-state index in [-0.39, 0.29) is 18.2 Å². The predicted octanol–water partition coefficient (Wildman–Crippen LogP) is 9.23. The second kappa shape index (κ2) is 13.0. The number of nitrogens with zero attached hydrogens (tertiary/aromatic N) is 2. The van der Waals surface area contributed by atoms with E-state index in [1.54, 1.807) is 55.5 Å². The quantitative estimate of drug-likeness (QED) is 0.147. The maximum Gasteiger partial charge on any atom is 0.416 e. The molecule has 0 aliphatic carbocycles. The van der Waals surface area contributed by atoms with Gasteiger partial charge < -0.3 is 19.1 Å². The summed E-state index contributed by atoms with van der Waals surface area (Å²) in [5.74, 6) is 1.70. The Kier molecular flexibility index (Phi) is 9.10. The fourth-order valence-electron chi connectivity index (χ4n) is 4.85. The van der Waals surface area contributed by atoms with Crippen LogP contribution in [0.15, 0.2) is 102 Å². The molecule has 1 amide bonds. The van der Waals surface area contributed by atoms with E-state index in [9.17, 15) is 18.0 Å². The molecule has 0 spiro atoms. The maximum atomic E-state index is 14.2. The Bertz CT molecular complexity index is 1790. The molecule has 4 aromatic carbocycles. The van der Waals surface area contributed by atoms with Gasteiger partial charge in [-0.15, -0.1) is 0 Å². The number of carbonyl (C=O) groups excluding carboxylic acids is 1. The molecule has 44 heavy (non-hydrogen) atoms. The Balaban J connectivity index is 1.48. The first-order valence-corrected chi connectivity index (χ1v) is 14.4. The van der Waals surface area contributed by atoms with Crippen LogP contribution in [0.3, 0.4) is 0 Å². The fourth-order valence-corrected chi connectivity index (χ4v) is 5.21. The van der Waals surface area contributed by atoms with Crippen LogP contribution in [-0.2, 0) is 12.7 Å². The summed E-state index contributed by atoms with van der Waals surface area (Å²) in [6, 6.07) is 25.7. The molecule has 0 saturated carbocycles. The minimum atomic E-state index is -4.43. The molecular weight excluding hydrogens is 637 g/mol. The first-order chi connectivity index (χ1) is 21.1. The Morgan fingerprint density at radius 3 is 2.27 bits per heavy atom. The van der Waals surface area contributed by atoms with E-state index in [0.29, 0.717) is 38.5 Å². The lowest BCUT2D eigenvalue weighted by molar-refractivity contribution is -0.137. The number of aromatic nitrogens is 1. The molecular formula is C34H28BrF3N2O4. The van der Waals surface area contributed by atoms with Crippen LogP contribution in [0.4, 0.5) is 13.2 Å². The van der Waals surface area contributed by atoms with E-state index >= 15 is 0 Å². The minimum absolute atomic E-state index is 0.229. The molecule has 5 aromatic rings. The monoisotopic (exact) mass is 664 g/mol. The molecule has 6 nitrogen and oxygen atoms in total. The zero-order valence-corrected chi connectivity index (χ0v) is 25.6. The van der Waals surface area contributed by atoms with Crippen LogP contribution in [0.25, 0.3) is 10.8 Å². The van der Waals surface area contributed by atoms with Crippen LogP contribution < -0.4 is 14.2 Å². The van der Waals surface area contributed by atoms with Gasteiger partial charge in [-0.25, -0.2) is 4.98 Å². The SMILES string of the molecule is COc1ccc(CN(C(=O)c2ccc3c(Oc4ccc(C(F)(F)F)cc4)cccc3c2)C(C)c2cccc(Br)n2)c(OC)c1. The molecule has 0 fully saturated rings. The van der Waals surface area contributed by atoms with Crippen LogP contribution >= 0.6 is 15.9 Å². The average Bonchev–Trinajstić information content (AvgIpc) is 3.02. The third kappa shape index (κ3) is 6.81. The first kappa shape index (κ1) is 30.9. The van der Waals surface area contributed by atoms with Gasteiger partial charge in [0, 0.05) is 22.6 Å². The van der Waals surface area contributed by atoms with Crippen molar-refractivity contribution in [1.82, 2.24) is 9.88 Å². The highest BCUT2D eigenvalue weighted by atomic mass is 79.9. The van der Waals surface area contributed by atoms with Crippen molar-refractivity contribution in [3.63, 3.8) is 0 Å². The lowest BCUT2D eigenvalue weighted by Crippen LogP contribution is -2.33. The Morgan fingerprint density at radius 2 is 1.59 bits per heavy atom. The third-order valence-electron chi connectivity index (χ3n) is 7.22. The molecule has 1 aromatic heterocycles. The normalized spacial score (nSPS) is 12.1. The van der Waals surface area contributed by atoms with Crippen LogP contribution in [0.1, 0.15) is 40.1 Å². The highest BCUT2D eigenvalue weighted by Gasteiger charge is 2.30. The largest absolute Gasteiger partial charge is 0.497 e. The fraction of sp³-hybridized carbons (Fsp3) is 0.176. The van der Waals surface area contributed by atoms with Crippen LogP contribution in [-0.4, -0.2) is 30.0 Å². The summed E-state index contributed by atoms with van der Waals surface area (Å²) >= 11 is 3.43. The van der Waals surface area contributed by atoms with Gasteiger partial charge >= 0.3 is 6.18 Å². The molecule has 226 valence electrons. The van der Waals surface area contributed by atoms with Gasteiger partial charge in [-0.1, -0.05) is 18.2 Å². The smallest absolute Gasteiger partial charge is 0.416 e. The lowest BCUT2D eigenvalue weighted by atomic mass is 10.0. The van der Waals surface area contributed by atoms with Gasteiger partial charge in [-0.3, -0.25) is 4.79 Å². The zero-order chi connectivity index (χ0) is 31.4. The van der Waals surface area contributed by atoms with E-state index in [0.717, 1.165) is 23.1 Å². The van der Waals surface area contributed by atoms with Crippen LogP contribution in [0.5, 0.6) is 23.0 Å². The molecule has 0 N–H and O–H groups in total. The predicted molar refractivity (Wildman–Crippen MR) is 165 cm³/mol. The molecule has 1 atom stereocenters. The number of hydrogen-bond donors (Lipinski definition) is 0. The van der Waals surface area contributed by atoms with Crippen molar-refractivity contribution in [3.8, 4) is 23.0 Å². The summed E-state index contributed by atoms with van der Waals surface area (Å²) in [6.45, 7) is 2.15. The lowest BCUT2D eigenvalue weighted by Gasteiger charge is -2.30. The van der Waals surface area contributed by atoms with Gasteiger partial charge in [-0.2, -0.15) is 13.2 Å². The Morgan fingerprint density at radius 1 is 0.864 bits per heavy atom. The van der Waals surface area contributed by atoms with Crippen LogP contribution in [0, 0.1) is 0 Å². The number of halogens is 4. The standard InChI is InChI=1S/C34H28BrF3N2O4/c1-21(29-7-5-9-32(35)39-29)40(20-24-10-14-27(42-2)19-31(24)43-3)33(41)23-11-17-28-22(18-23)6-4-8-30(28)44-26-15-12-25(13-16-26)34(36,37)38/h4-19,21H,20H2,1-3H3. The molecule has 1 heterocycles. The summed E-state index contributed by atoms with van der Waals surface area (Å²) in [7, 11) is 3.14. The van der Waals surface area contributed by atoms with Crippen molar-refractivity contribution in [1.29, 1.82) is 0 Å². The number of amides is 1. The molecule has 10 heteroatoms. The van der Waals surface area contributed by atoms with Crippen molar-refractivity contribution in [2.45, 2.75) is 25.7 Å². The van der Waals surface area contributed by atoms with Crippen molar-refractivity contribution in [2.75, 3.05) is 14.2 Å². The highest BCUT2D eigenvalue weighted by Crippen LogP contribution is 2.35. The molecule has 0 bridgehead atoms. The maximum absolute atomic E-state index is 14.2. The van der Waals surface area contributed by atoms with E-state index in [4.69, 9.17) is 14.2 Å². The molecule has 0 aliphatic rings. The van der Waals surface area contributed by atoms with E-state index in [1.165, 1.54) is 12.1 Å². The Hall–Kier alpha value is -4.57. The second-order valence-corrected chi connectivity index (χ2v) is 10.8. The topological polar surface area (TPSA) is 60.9 Å². The van der Waals surface area contributed by atoms with Crippen molar-refractivity contribution in [2.24, 2.45) is 0 Å². The summed E-state index contributed by atoms with van der Waals surface area (Å²) in [4.78, 5) is 20.5. The number of benzene rings is 4. The third-order valence-corrected chi connectivity index (χ3v) is 7.67. The van der Waals surface area contributed by atoms with Gasteiger partial charge in [0.05, 0.1) is 38.1 Å². The number of methoxy groups -OCH3 is 2. The van der Waals surface area contributed by atoms with Gasteiger partial charge in [0.25, 0.3) is 5.91 Å². The van der Waals surface area contributed by atoms with E-state index in [2.05, 4.69) is 20.9 Å². The molecule has 5 rings (SSSR count). The number of carbonyl (C=O) groups is 1. The summed E-state index contributed by atoms with van der Waals surface area (Å²) in [5, 5.41) is 1.43. The van der Waals surface area contributed by atoms with Crippen LogP contribution in [0.2, 0.25) is 0 Å². The zero-order valence-electron chi connectivity index (χ0n) is 24.1. The number of pyridine rings is 1. The van der Waals surface area contributed by atoms with Gasteiger partial charge in [-0.05, 0) is 101 Å². The number of hydrogen-bond acceptors (Lipinski definition) is 5. The molecule has 0 saturated heterocycles. The summed E-state index contributed by atoms with van der Waals surface area (Å²) < 4.78 is 56.5. The highest BCUT2D eigenvalue weighted by molar-refractivity contribution is 9.10. The number of rotatable bonds is 9. The van der Waals surface area contributed by atoms with E-state index < -0.39 is 17.8 Å². The number of ether oxygens (including phenoxy) is 3. The molecule has 0 aliphatic heterocycles. The van der Waals surface area contributed by atoms with Crippen molar-refractivity contribution < 1.29 is 32.2 Å². The van der Waals surface area contributed by atoms with Crippen molar-refractivity contribution >= 4 is 32.6 Å². The molecule has 0 radical (unpaired) electrons. The van der Waals surface area contributed by atoms with Gasteiger partial charge in [0.1, 0.15) is 27.6 Å². The minimum Gasteiger partial charge on any atom is -0.497 e. The summed E-state index contributed by atoms with van der Waals surface area (Å²) in [5.41, 5.74) is 1.18. The molecule has 1 unspecified atom stereocenters. The summed E-state index contributed by atoms with van der Waals surface area (Å²) in [6.07, 6.45) is -4.43.